The Bertz CT molecular complexity index is 1450. The van der Waals surface area contributed by atoms with Gasteiger partial charge in [0.05, 0.1) is 10.0 Å². The topological polar surface area (TPSA) is 57.8 Å². The van der Waals surface area contributed by atoms with Gasteiger partial charge in [0.1, 0.15) is 11.6 Å². The van der Waals surface area contributed by atoms with Crippen LogP contribution in [0.4, 0.5) is 5.69 Å². The first-order valence-corrected chi connectivity index (χ1v) is 11.2. The number of anilines is 1. The van der Waals surface area contributed by atoms with Crippen LogP contribution in [0, 0.1) is 18.3 Å². The number of nitrogens with one attached hydrogen (secondary N) is 1. The van der Waals surface area contributed by atoms with Gasteiger partial charge in [-0.15, -0.1) is 0 Å². The molecule has 0 bridgehead atoms. The molecule has 164 valence electrons. The van der Waals surface area contributed by atoms with Crippen LogP contribution >= 0.6 is 34.8 Å². The average molecular weight is 495 g/mol. The second-order valence-electron chi connectivity index (χ2n) is 7.57. The number of nitrogens with zero attached hydrogens (tertiary/aromatic N) is 2. The highest BCUT2D eigenvalue weighted by Gasteiger charge is 2.14. The number of rotatable bonds is 5. The van der Waals surface area contributed by atoms with Crippen LogP contribution in [0.3, 0.4) is 0 Å². The van der Waals surface area contributed by atoms with Gasteiger partial charge in [-0.2, -0.15) is 5.26 Å². The van der Waals surface area contributed by atoms with E-state index in [2.05, 4.69) is 5.32 Å². The first kappa shape index (κ1) is 22.9. The predicted molar refractivity (Wildman–Crippen MR) is 136 cm³/mol. The lowest BCUT2D eigenvalue weighted by Crippen LogP contribution is -2.13. The Balaban J connectivity index is 1.67. The second-order valence-corrected chi connectivity index (χ2v) is 8.79. The van der Waals surface area contributed by atoms with Gasteiger partial charge < -0.3 is 9.88 Å². The zero-order chi connectivity index (χ0) is 23.5. The largest absolute Gasteiger partial charge is 0.342 e. The van der Waals surface area contributed by atoms with Crippen molar-refractivity contribution in [3.8, 4) is 6.07 Å². The van der Waals surface area contributed by atoms with Crippen LogP contribution in [0.15, 0.2) is 72.4 Å². The van der Waals surface area contributed by atoms with Gasteiger partial charge in [-0.1, -0.05) is 65.1 Å². The number of nitriles is 1. The van der Waals surface area contributed by atoms with Crippen molar-refractivity contribution in [3.05, 3.63) is 104 Å². The number of carbonyl (C=O) groups is 1. The van der Waals surface area contributed by atoms with Crippen LogP contribution in [0.2, 0.25) is 15.1 Å². The van der Waals surface area contributed by atoms with Gasteiger partial charge in [0, 0.05) is 39.9 Å². The quantitative estimate of drug-likeness (QED) is 0.231. The molecule has 0 spiro atoms. The summed E-state index contributed by atoms with van der Waals surface area (Å²) in [6, 6.07) is 20.5. The molecule has 0 radical (unpaired) electrons. The monoisotopic (exact) mass is 493 g/mol. The standard InChI is InChI=1S/C26H18Cl3N3O/c1-16-6-8-20(12-23(16)28)31-26(33)18(13-30)11-19-15-32(25-5-3-2-4-21(19)25)14-17-7-9-22(27)24(29)10-17/h2-12,15H,14H2,1H3,(H,31,33)/b18-11+. The Labute approximate surface area is 206 Å². The molecule has 0 aliphatic heterocycles. The van der Waals surface area contributed by atoms with Crippen molar-refractivity contribution in [1.29, 1.82) is 5.26 Å². The van der Waals surface area contributed by atoms with Crippen molar-refractivity contribution in [3.63, 3.8) is 0 Å². The van der Waals surface area contributed by atoms with E-state index < -0.39 is 5.91 Å². The van der Waals surface area contributed by atoms with Crippen molar-refractivity contribution in [2.24, 2.45) is 0 Å². The molecule has 3 aromatic carbocycles. The number of aromatic nitrogens is 1. The molecule has 0 atom stereocenters. The summed E-state index contributed by atoms with van der Waals surface area (Å²) in [6.07, 6.45) is 3.51. The summed E-state index contributed by atoms with van der Waals surface area (Å²) in [5.74, 6) is -0.501. The van der Waals surface area contributed by atoms with E-state index in [0.29, 0.717) is 27.3 Å². The summed E-state index contributed by atoms with van der Waals surface area (Å²) in [6.45, 7) is 2.43. The number of carbonyl (C=O) groups excluding carboxylic acids is 1. The van der Waals surface area contributed by atoms with Crippen molar-refractivity contribution in [1.82, 2.24) is 4.57 Å². The van der Waals surface area contributed by atoms with Gasteiger partial charge in [0.2, 0.25) is 0 Å². The fourth-order valence-electron chi connectivity index (χ4n) is 3.53. The van der Waals surface area contributed by atoms with Crippen LogP contribution in [-0.4, -0.2) is 10.5 Å². The lowest BCUT2D eigenvalue weighted by molar-refractivity contribution is -0.112. The van der Waals surface area contributed by atoms with E-state index in [-0.39, 0.29) is 5.57 Å². The zero-order valence-electron chi connectivity index (χ0n) is 17.6. The molecule has 7 heteroatoms. The smallest absolute Gasteiger partial charge is 0.266 e. The van der Waals surface area contributed by atoms with E-state index in [0.717, 1.165) is 27.6 Å². The summed E-state index contributed by atoms with van der Waals surface area (Å²) in [5.41, 5.74) is 4.13. The van der Waals surface area contributed by atoms with Crippen molar-refractivity contribution < 1.29 is 4.79 Å². The number of amides is 1. The molecule has 1 amide bonds. The van der Waals surface area contributed by atoms with Crippen molar-refractivity contribution >= 4 is 63.4 Å². The summed E-state index contributed by atoms with van der Waals surface area (Å²) >= 11 is 18.4. The number of benzene rings is 3. The summed E-state index contributed by atoms with van der Waals surface area (Å²) in [7, 11) is 0. The molecular formula is C26H18Cl3N3O. The number of hydrogen-bond acceptors (Lipinski definition) is 2. The molecule has 0 saturated heterocycles. The molecule has 0 saturated carbocycles. The Morgan fingerprint density at radius 3 is 2.55 bits per heavy atom. The maximum atomic E-state index is 12.8. The molecule has 0 fully saturated rings. The Hall–Kier alpha value is -3.23. The third-order valence-electron chi connectivity index (χ3n) is 5.25. The third kappa shape index (κ3) is 5.07. The Morgan fingerprint density at radius 1 is 1.03 bits per heavy atom. The normalized spacial score (nSPS) is 11.4. The lowest BCUT2D eigenvalue weighted by atomic mass is 10.1. The first-order chi connectivity index (χ1) is 15.9. The van der Waals surface area contributed by atoms with Gasteiger partial charge in [-0.3, -0.25) is 4.79 Å². The number of halogens is 3. The fraction of sp³-hybridized carbons (Fsp3) is 0.0769. The number of hydrogen-bond donors (Lipinski definition) is 1. The maximum Gasteiger partial charge on any atom is 0.266 e. The molecule has 1 heterocycles. The van der Waals surface area contributed by atoms with Crippen LogP contribution in [0.1, 0.15) is 16.7 Å². The molecule has 4 nitrogen and oxygen atoms in total. The Kier molecular flexibility index (Phi) is 6.76. The summed E-state index contributed by atoms with van der Waals surface area (Å²) in [4.78, 5) is 12.8. The zero-order valence-corrected chi connectivity index (χ0v) is 19.8. The second kappa shape index (κ2) is 9.72. The van der Waals surface area contributed by atoms with E-state index in [1.54, 1.807) is 24.3 Å². The highest BCUT2D eigenvalue weighted by molar-refractivity contribution is 6.42. The average Bonchev–Trinajstić information content (AvgIpc) is 3.14. The first-order valence-electron chi connectivity index (χ1n) is 10.1. The lowest BCUT2D eigenvalue weighted by Gasteiger charge is -2.07. The predicted octanol–water partition coefficient (Wildman–Crippen LogP) is 7.50. The van der Waals surface area contributed by atoms with E-state index in [1.165, 1.54) is 0 Å². The van der Waals surface area contributed by atoms with Gasteiger partial charge >= 0.3 is 0 Å². The number of para-hydroxylation sites is 1. The maximum absolute atomic E-state index is 12.8. The van der Waals surface area contributed by atoms with Crippen LogP contribution in [0.25, 0.3) is 17.0 Å². The van der Waals surface area contributed by atoms with E-state index in [4.69, 9.17) is 34.8 Å². The molecule has 4 aromatic rings. The number of aryl methyl sites for hydroxylation is 1. The number of fused-ring (bicyclic) bond motifs is 1. The molecule has 1 aromatic heterocycles. The SMILES string of the molecule is Cc1ccc(NC(=O)/C(C#N)=C/c2cn(Cc3ccc(Cl)c(Cl)c3)c3ccccc23)cc1Cl. The van der Waals surface area contributed by atoms with Crippen LogP contribution in [-0.2, 0) is 11.3 Å². The molecule has 0 aliphatic rings. The van der Waals surface area contributed by atoms with E-state index in [9.17, 15) is 10.1 Å². The fourth-order valence-corrected chi connectivity index (χ4v) is 4.03. The minimum absolute atomic E-state index is 0.0101. The van der Waals surface area contributed by atoms with Gasteiger partial charge in [0.15, 0.2) is 0 Å². The van der Waals surface area contributed by atoms with Crippen molar-refractivity contribution in [2.45, 2.75) is 13.5 Å². The minimum Gasteiger partial charge on any atom is -0.342 e. The molecular weight excluding hydrogens is 477 g/mol. The van der Waals surface area contributed by atoms with Crippen molar-refractivity contribution in [2.75, 3.05) is 5.32 Å². The highest BCUT2D eigenvalue weighted by atomic mass is 35.5. The van der Waals surface area contributed by atoms with Crippen LogP contribution in [0.5, 0.6) is 0 Å². The minimum atomic E-state index is -0.501. The van der Waals surface area contributed by atoms with E-state index >= 15 is 0 Å². The van der Waals surface area contributed by atoms with Crippen LogP contribution < -0.4 is 5.32 Å². The van der Waals surface area contributed by atoms with Gasteiger partial charge in [-0.05, 0) is 54.5 Å². The molecule has 0 aliphatic carbocycles. The molecule has 33 heavy (non-hydrogen) atoms. The van der Waals surface area contributed by atoms with Gasteiger partial charge in [-0.25, -0.2) is 0 Å². The highest BCUT2D eigenvalue weighted by Crippen LogP contribution is 2.27. The molecule has 1 N–H and O–H groups in total. The molecule has 0 unspecified atom stereocenters. The van der Waals surface area contributed by atoms with E-state index in [1.807, 2.05) is 66.2 Å². The summed E-state index contributed by atoms with van der Waals surface area (Å²) < 4.78 is 2.05. The molecule has 4 rings (SSSR count). The summed E-state index contributed by atoms with van der Waals surface area (Å²) in [5, 5.41) is 14.9. The third-order valence-corrected chi connectivity index (χ3v) is 6.40. The van der Waals surface area contributed by atoms with Gasteiger partial charge in [0.25, 0.3) is 5.91 Å². The Morgan fingerprint density at radius 2 is 1.82 bits per heavy atom.